The number of thiophene rings is 1. The second-order valence-corrected chi connectivity index (χ2v) is 6.22. The lowest BCUT2D eigenvalue weighted by atomic mass is 10.2. The van der Waals surface area contributed by atoms with Crippen molar-refractivity contribution in [2.24, 2.45) is 5.10 Å². The monoisotopic (exact) mass is 297 g/mol. The zero-order chi connectivity index (χ0) is 15.0. The molecular weight excluding hydrogens is 282 g/mol. The molecule has 106 valence electrons. The summed E-state index contributed by atoms with van der Waals surface area (Å²) in [5.74, 6) is 0. The maximum Gasteiger partial charge on any atom is 0.282 e. The standard InChI is InChI=1S/C16H15N3OS/c1-10-4-6-13(7-5-10)8-18-19-9-17-15-14(16(19)20)11(2)12(3)21-15/h4-9H,1-3H3/b18-8+. The summed E-state index contributed by atoms with van der Waals surface area (Å²) in [7, 11) is 0. The number of fused-ring (bicyclic) bond motifs is 1. The highest BCUT2D eigenvalue weighted by Gasteiger charge is 2.11. The van der Waals surface area contributed by atoms with Crippen molar-refractivity contribution in [1.29, 1.82) is 0 Å². The lowest BCUT2D eigenvalue weighted by molar-refractivity contribution is 0.818. The molecular formula is C16H15N3OS. The van der Waals surface area contributed by atoms with E-state index in [1.807, 2.05) is 45.0 Å². The van der Waals surface area contributed by atoms with E-state index in [0.717, 1.165) is 20.8 Å². The number of rotatable bonds is 2. The quantitative estimate of drug-likeness (QED) is 0.682. The average molecular weight is 297 g/mol. The SMILES string of the molecule is Cc1ccc(/C=N/n2cnc3sc(C)c(C)c3c2=O)cc1. The molecule has 0 N–H and O–H groups in total. The van der Waals surface area contributed by atoms with Gasteiger partial charge < -0.3 is 0 Å². The van der Waals surface area contributed by atoms with Crippen molar-refractivity contribution in [3.8, 4) is 0 Å². The molecule has 3 aromatic rings. The molecule has 0 bridgehead atoms. The van der Waals surface area contributed by atoms with E-state index in [-0.39, 0.29) is 5.56 Å². The lowest BCUT2D eigenvalue weighted by Crippen LogP contribution is -2.16. The van der Waals surface area contributed by atoms with Crippen LogP contribution >= 0.6 is 11.3 Å². The number of nitrogens with zero attached hydrogens (tertiary/aromatic N) is 3. The molecule has 0 saturated heterocycles. The molecule has 2 aromatic heterocycles. The van der Waals surface area contributed by atoms with Crippen LogP contribution in [0.15, 0.2) is 40.5 Å². The molecule has 21 heavy (non-hydrogen) atoms. The highest BCUT2D eigenvalue weighted by Crippen LogP contribution is 2.25. The first kappa shape index (κ1) is 13.7. The van der Waals surface area contributed by atoms with Crippen LogP contribution in [0.25, 0.3) is 10.2 Å². The highest BCUT2D eigenvalue weighted by atomic mass is 32.1. The summed E-state index contributed by atoms with van der Waals surface area (Å²) in [6.07, 6.45) is 3.15. The Balaban J connectivity index is 2.05. The molecule has 0 saturated carbocycles. The highest BCUT2D eigenvalue weighted by molar-refractivity contribution is 7.18. The average Bonchev–Trinajstić information content (AvgIpc) is 2.76. The normalized spacial score (nSPS) is 11.6. The number of aromatic nitrogens is 2. The molecule has 0 aliphatic rings. The summed E-state index contributed by atoms with van der Waals surface area (Å²) in [4.78, 5) is 18.7. The third-order valence-electron chi connectivity index (χ3n) is 3.48. The Hall–Kier alpha value is -2.27. The van der Waals surface area contributed by atoms with Gasteiger partial charge in [-0.2, -0.15) is 9.78 Å². The first-order valence-electron chi connectivity index (χ1n) is 6.64. The van der Waals surface area contributed by atoms with Crippen LogP contribution in [0.2, 0.25) is 0 Å². The fourth-order valence-electron chi connectivity index (χ4n) is 2.09. The number of hydrogen-bond donors (Lipinski definition) is 0. The predicted molar refractivity (Wildman–Crippen MR) is 87.5 cm³/mol. The van der Waals surface area contributed by atoms with E-state index in [1.54, 1.807) is 17.6 Å². The minimum atomic E-state index is -0.120. The van der Waals surface area contributed by atoms with Gasteiger partial charge in [0.1, 0.15) is 11.2 Å². The maximum absolute atomic E-state index is 12.5. The molecule has 0 unspecified atom stereocenters. The Morgan fingerprint density at radius 3 is 2.62 bits per heavy atom. The Morgan fingerprint density at radius 1 is 1.19 bits per heavy atom. The summed E-state index contributed by atoms with van der Waals surface area (Å²) >= 11 is 1.54. The third-order valence-corrected chi connectivity index (χ3v) is 4.60. The topological polar surface area (TPSA) is 47.2 Å². The van der Waals surface area contributed by atoms with Gasteiger partial charge in [-0.25, -0.2) is 4.98 Å². The molecule has 1 aromatic carbocycles. The van der Waals surface area contributed by atoms with Gasteiger partial charge in [-0.3, -0.25) is 4.79 Å². The third kappa shape index (κ3) is 2.52. The smallest absolute Gasteiger partial charge is 0.267 e. The Morgan fingerprint density at radius 2 is 1.90 bits per heavy atom. The molecule has 0 spiro atoms. The fourth-order valence-corrected chi connectivity index (χ4v) is 3.08. The summed E-state index contributed by atoms with van der Waals surface area (Å²) in [5.41, 5.74) is 3.01. The molecule has 5 heteroatoms. The first-order valence-corrected chi connectivity index (χ1v) is 7.46. The Bertz CT molecular complexity index is 888. The summed E-state index contributed by atoms with van der Waals surface area (Å²) in [6, 6.07) is 7.96. The van der Waals surface area contributed by atoms with Gasteiger partial charge in [-0.1, -0.05) is 29.8 Å². The van der Waals surface area contributed by atoms with Crippen molar-refractivity contribution < 1.29 is 0 Å². The summed E-state index contributed by atoms with van der Waals surface area (Å²) in [6.45, 7) is 5.98. The Kier molecular flexibility index (Phi) is 3.43. The van der Waals surface area contributed by atoms with E-state index in [9.17, 15) is 4.79 Å². The number of hydrogen-bond acceptors (Lipinski definition) is 4. The van der Waals surface area contributed by atoms with Crippen molar-refractivity contribution >= 4 is 27.8 Å². The summed E-state index contributed by atoms with van der Waals surface area (Å²) in [5, 5.41) is 4.90. The van der Waals surface area contributed by atoms with Crippen LogP contribution in [-0.2, 0) is 0 Å². The molecule has 3 rings (SSSR count). The molecule has 2 heterocycles. The van der Waals surface area contributed by atoms with E-state index in [2.05, 4.69) is 10.1 Å². The number of benzene rings is 1. The zero-order valence-corrected chi connectivity index (χ0v) is 12.9. The van der Waals surface area contributed by atoms with Gasteiger partial charge in [-0.05, 0) is 31.9 Å². The molecule has 0 radical (unpaired) electrons. The maximum atomic E-state index is 12.5. The first-order chi connectivity index (χ1) is 10.1. The van der Waals surface area contributed by atoms with Crippen molar-refractivity contribution in [2.75, 3.05) is 0 Å². The molecule has 4 nitrogen and oxygen atoms in total. The minimum absolute atomic E-state index is 0.120. The minimum Gasteiger partial charge on any atom is -0.267 e. The van der Waals surface area contributed by atoms with Crippen LogP contribution in [0.4, 0.5) is 0 Å². The largest absolute Gasteiger partial charge is 0.282 e. The van der Waals surface area contributed by atoms with Crippen molar-refractivity contribution in [3.05, 3.63) is 62.5 Å². The van der Waals surface area contributed by atoms with Crippen LogP contribution in [0, 0.1) is 20.8 Å². The van der Waals surface area contributed by atoms with Gasteiger partial charge in [0.05, 0.1) is 11.6 Å². The second-order valence-electron chi connectivity index (χ2n) is 5.01. The molecule has 0 aliphatic carbocycles. The molecule has 0 fully saturated rings. The van der Waals surface area contributed by atoms with E-state index in [0.29, 0.717) is 5.39 Å². The second kappa shape index (κ2) is 5.26. The van der Waals surface area contributed by atoms with E-state index in [4.69, 9.17) is 0 Å². The predicted octanol–water partition coefficient (Wildman–Crippen LogP) is 3.27. The lowest BCUT2D eigenvalue weighted by Gasteiger charge is -1.99. The van der Waals surface area contributed by atoms with Gasteiger partial charge in [0.25, 0.3) is 5.56 Å². The van der Waals surface area contributed by atoms with Crippen LogP contribution in [-0.4, -0.2) is 15.9 Å². The van der Waals surface area contributed by atoms with Crippen LogP contribution < -0.4 is 5.56 Å². The Labute approximate surface area is 126 Å². The van der Waals surface area contributed by atoms with Gasteiger partial charge in [-0.15, -0.1) is 11.3 Å². The molecule has 0 amide bonds. The van der Waals surface area contributed by atoms with E-state index < -0.39 is 0 Å². The molecule has 0 atom stereocenters. The van der Waals surface area contributed by atoms with Gasteiger partial charge in [0, 0.05) is 4.88 Å². The van der Waals surface area contributed by atoms with E-state index in [1.165, 1.54) is 16.6 Å². The van der Waals surface area contributed by atoms with Crippen LogP contribution in [0.5, 0.6) is 0 Å². The summed E-state index contributed by atoms with van der Waals surface area (Å²) < 4.78 is 1.29. The van der Waals surface area contributed by atoms with Crippen LogP contribution in [0.3, 0.4) is 0 Å². The van der Waals surface area contributed by atoms with Crippen LogP contribution in [0.1, 0.15) is 21.6 Å². The molecule has 0 aliphatic heterocycles. The number of aryl methyl sites for hydroxylation is 3. The van der Waals surface area contributed by atoms with Crippen molar-refractivity contribution in [2.45, 2.75) is 20.8 Å². The van der Waals surface area contributed by atoms with Gasteiger partial charge in [0.2, 0.25) is 0 Å². The zero-order valence-electron chi connectivity index (χ0n) is 12.1. The van der Waals surface area contributed by atoms with Gasteiger partial charge >= 0.3 is 0 Å². The fraction of sp³-hybridized carbons (Fsp3) is 0.188. The van der Waals surface area contributed by atoms with Crippen molar-refractivity contribution in [3.63, 3.8) is 0 Å². The van der Waals surface area contributed by atoms with Crippen molar-refractivity contribution in [1.82, 2.24) is 9.66 Å². The van der Waals surface area contributed by atoms with Gasteiger partial charge in [0.15, 0.2) is 0 Å². The van der Waals surface area contributed by atoms with E-state index >= 15 is 0 Å².